The van der Waals surface area contributed by atoms with Gasteiger partial charge in [0.15, 0.2) is 11.5 Å². The second kappa shape index (κ2) is 6.99. The highest BCUT2D eigenvalue weighted by molar-refractivity contribution is 6.31. The molecule has 0 amide bonds. The number of aldehydes is 1. The molecule has 2 aromatic rings. The highest BCUT2D eigenvalue weighted by Gasteiger charge is 2.08. The zero-order valence-corrected chi connectivity index (χ0v) is 12.5. The van der Waals surface area contributed by atoms with Crippen molar-refractivity contribution in [1.29, 1.82) is 0 Å². The number of hydrogen-bond acceptors (Lipinski definition) is 4. The lowest BCUT2D eigenvalue weighted by Gasteiger charge is -2.12. The van der Waals surface area contributed by atoms with E-state index in [2.05, 4.69) is 0 Å². The van der Waals surface area contributed by atoms with Crippen LogP contribution in [0.5, 0.6) is 17.2 Å². The van der Waals surface area contributed by atoms with Crippen molar-refractivity contribution in [2.75, 3.05) is 14.2 Å². The summed E-state index contributed by atoms with van der Waals surface area (Å²) in [6.45, 7) is 0.265. The Bertz CT molecular complexity index is 640. The van der Waals surface area contributed by atoms with Crippen LogP contribution in [-0.4, -0.2) is 20.5 Å². The highest BCUT2D eigenvalue weighted by atomic mass is 35.5. The number of benzene rings is 2. The van der Waals surface area contributed by atoms with Crippen molar-refractivity contribution in [2.24, 2.45) is 0 Å². The van der Waals surface area contributed by atoms with Crippen molar-refractivity contribution >= 4 is 17.9 Å². The third-order valence-corrected chi connectivity index (χ3v) is 3.32. The Morgan fingerprint density at radius 2 is 1.86 bits per heavy atom. The molecule has 0 atom stereocenters. The predicted octanol–water partition coefficient (Wildman–Crippen LogP) is 3.75. The second-order valence-electron chi connectivity index (χ2n) is 4.27. The monoisotopic (exact) mass is 306 g/mol. The maximum Gasteiger partial charge on any atom is 0.162 e. The summed E-state index contributed by atoms with van der Waals surface area (Å²) < 4.78 is 16.0. The molecule has 0 radical (unpaired) electrons. The van der Waals surface area contributed by atoms with Gasteiger partial charge in [-0.15, -0.1) is 0 Å². The molecule has 0 fully saturated rings. The SMILES string of the molecule is COc1ccc(COc2cc(C=O)ccc2OC)c(Cl)c1. The van der Waals surface area contributed by atoms with E-state index in [-0.39, 0.29) is 6.61 Å². The molecule has 110 valence electrons. The van der Waals surface area contributed by atoms with Crippen molar-refractivity contribution in [3.63, 3.8) is 0 Å². The first-order valence-corrected chi connectivity index (χ1v) is 6.64. The summed E-state index contributed by atoms with van der Waals surface area (Å²) >= 11 is 6.16. The molecule has 0 aliphatic carbocycles. The number of ether oxygens (including phenoxy) is 3. The molecule has 0 N–H and O–H groups in total. The van der Waals surface area contributed by atoms with Gasteiger partial charge in [0.2, 0.25) is 0 Å². The van der Waals surface area contributed by atoms with Crippen LogP contribution in [0.25, 0.3) is 0 Å². The Hall–Kier alpha value is -2.20. The van der Waals surface area contributed by atoms with Crippen LogP contribution < -0.4 is 14.2 Å². The largest absolute Gasteiger partial charge is 0.497 e. The quantitative estimate of drug-likeness (QED) is 0.762. The van der Waals surface area contributed by atoms with E-state index in [9.17, 15) is 4.79 Å². The minimum atomic E-state index is 0.265. The van der Waals surface area contributed by atoms with E-state index in [4.69, 9.17) is 25.8 Å². The van der Waals surface area contributed by atoms with Gasteiger partial charge in [-0.3, -0.25) is 4.79 Å². The van der Waals surface area contributed by atoms with Crippen molar-refractivity contribution in [2.45, 2.75) is 6.61 Å². The second-order valence-corrected chi connectivity index (χ2v) is 4.68. The molecule has 0 heterocycles. The number of rotatable bonds is 6. The van der Waals surface area contributed by atoms with Gasteiger partial charge in [0.05, 0.1) is 19.2 Å². The van der Waals surface area contributed by atoms with E-state index in [0.29, 0.717) is 27.8 Å². The van der Waals surface area contributed by atoms with E-state index in [1.807, 2.05) is 12.1 Å². The average Bonchev–Trinajstić information content (AvgIpc) is 2.53. The van der Waals surface area contributed by atoms with Crippen molar-refractivity contribution in [1.82, 2.24) is 0 Å². The van der Waals surface area contributed by atoms with Crippen molar-refractivity contribution in [3.8, 4) is 17.2 Å². The molecular formula is C16H15ClO4. The number of methoxy groups -OCH3 is 2. The van der Waals surface area contributed by atoms with Crippen LogP contribution >= 0.6 is 11.6 Å². The summed E-state index contributed by atoms with van der Waals surface area (Å²) in [6.07, 6.45) is 0.757. The standard InChI is InChI=1S/C16H15ClO4/c1-19-13-5-4-12(14(17)8-13)10-21-16-7-11(9-18)3-6-15(16)20-2/h3-9H,10H2,1-2H3. The van der Waals surface area contributed by atoms with E-state index in [1.165, 1.54) is 0 Å². The van der Waals surface area contributed by atoms with Gasteiger partial charge in [0.25, 0.3) is 0 Å². The molecule has 5 heteroatoms. The smallest absolute Gasteiger partial charge is 0.162 e. The first-order chi connectivity index (χ1) is 10.2. The summed E-state index contributed by atoms with van der Waals surface area (Å²) in [5.41, 5.74) is 1.34. The Morgan fingerprint density at radius 3 is 2.48 bits per heavy atom. The molecule has 0 aliphatic heterocycles. The minimum Gasteiger partial charge on any atom is -0.497 e. The maximum absolute atomic E-state index is 10.8. The Morgan fingerprint density at radius 1 is 1.05 bits per heavy atom. The van der Waals surface area contributed by atoms with Gasteiger partial charge in [-0.2, -0.15) is 0 Å². The third kappa shape index (κ3) is 3.67. The van der Waals surface area contributed by atoms with E-state index in [1.54, 1.807) is 38.5 Å². The van der Waals surface area contributed by atoms with Crippen LogP contribution in [0.2, 0.25) is 5.02 Å². The lowest BCUT2D eigenvalue weighted by atomic mass is 10.2. The number of carbonyl (C=O) groups excluding carboxylic acids is 1. The topological polar surface area (TPSA) is 44.8 Å². The molecule has 0 bridgehead atoms. The fraction of sp³-hybridized carbons (Fsp3) is 0.188. The fourth-order valence-corrected chi connectivity index (χ4v) is 2.03. The normalized spacial score (nSPS) is 10.0. The molecule has 0 aliphatic rings. The third-order valence-electron chi connectivity index (χ3n) is 2.97. The summed E-state index contributed by atoms with van der Waals surface area (Å²) in [4.78, 5) is 10.8. The van der Waals surface area contributed by atoms with Gasteiger partial charge in [-0.05, 0) is 30.3 Å². The van der Waals surface area contributed by atoms with Crippen LogP contribution in [0.4, 0.5) is 0 Å². The molecular weight excluding hydrogens is 292 g/mol. The lowest BCUT2D eigenvalue weighted by Crippen LogP contribution is -1.99. The Labute approximate surface area is 128 Å². The molecule has 0 saturated carbocycles. The predicted molar refractivity (Wildman–Crippen MR) is 80.7 cm³/mol. The van der Waals surface area contributed by atoms with Gasteiger partial charge < -0.3 is 14.2 Å². The summed E-state index contributed by atoms with van der Waals surface area (Å²) in [5, 5.41) is 0.555. The average molecular weight is 307 g/mol. The fourth-order valence-electron chi connectivity index (χ4n) is 1.81. The molecule has 2 aromatic carbocycles. The zero-order chi connectivity index (χ0) is 15.2. The van der Waals surface area contributed by atoms with E-state index in [0.717, 1.165) is 11.8 Å². The van der Waals surface area contributed by atoms with Crippen LogP contribution in [0.1, 0.15) is 15.9 Å². The molecule has 4 nitrogen and oxygen atoms in total. The maximum atomic E-state index is 10.8. The summed E-state index contributed by atoms with van der Waals surface area (Å²) in [7, 11) is 3.13. The molecule has 21 heavy (non-hydrogen) atoms. The first-order valence-electron chi connectivity index (χ1n) is 6.26. The van der Waals surface area contributed by atoms with E-state index < -0.39 is 0 Å². The molecule has 0 saturated heterocycles. The molecule has 2 rings (SSSR count). The van der Waals surface area contributed by atoms with Crippen LogP contribution in [0, 0.1) is 0 Å². The number of hydrogen-bond donors (Lipinski definition) is 0. The van der Waals surface area contributed by atoms with Crippen LogP contribution in [0.3, 0.4) is 0 Å². The summed E-state index contributed by atoms with van der Waals surface area (Å²) in [5.74, 6) is 1.74. The van der Waals surface area contributed by atoms with Gasteiger partial charge in [0, 0.05) is 11.1 Å². The lowest BCUT2D eigenvalue weighted by molar-refractivity contribution is 0.112. The van der Waals surface area contributed by atoms with Crippen LogP contribution in [0.15, 0.2) is 36.4 Å². The molecule has 0 aromatic heterocycles. The minimum absolute atomic E-state index is 0.265. The van der Waals surface area contributed by atoms with Gasteiger partial charge >= 0.3 is 0 Å². The molecule has 0 unspecified atom stereocenters. The van der Waals surface area contributed by atoms with Gasteiger partial charge in [-0.25, -0.2) is 0 Å². The first kappa shape index (κ1) is 15.2. The zero-order valence-electron chi connectivity index (χ0n) is 11.8. The van der Waals surface area contributed by atoms with E-state index >= 15 is 0 Å². The Balaban J connectivity index is 2.17. The molecule has 0 spiro atoms. The highest BCUT2D eigenvalue weighted by Crippen LogP contribution is 2.30. The number of carbonyl (C=O) groups is 1. The Kier molecular flexibility index (Phi) is 5.06. The number of halogens is 1. The summed E-state index contributed by atoms with van der Waals surface area (Å²) in [6, 6.07) is 10.3. The van der Waals surface area contributed by atoms with Gasteiger partial charge in [-0.1, -0.05) is 17.7 Å². The van der Waals surface area contributed by atoms with Crippen LogP contribution in [-0.2, 0) is 6.61 Å². The van der Waals surface area contributed by atoms with Gasteiger partial charge in [0.1, 0.15) is 18.6 Å². The van der Waals surface area contributed by atoms with Crippen molar-refractivity contribution < 1.29 is 19.0 Å². The van der Waals surface area contributed by atoms with Crippen molar-refractivity contribution in [3.05, 3.63) is 52.5 Å².